The SMILES string of the molecule is CN=C(NCCCCn1ccnc1C)NCC(c1cccs1)N1CCOC(C)C1.I. The molecule has 9 heteroatoms. The average Bonchev–Trinajstić information content (AvgIpc) is 3.39. The molecule has 0 aromatic carbocycles. The lowest BCUT2D eigenvalue weighted by Gasteiger charge is -2.37. The highest BCUT2D eigenvalue weighted by Gasteiger charge is 2.26. The number of imidazole rings is 1. The first-order chi connectivity index (χ1) is 14.2. The molecular weight excluding hydrogens is 511 g/mol. The molecule has 1 aliphatic rings. The maximum Gasteiger partial charge on any atom is 0.191 e. The van der Waals surface area contributed by atoms with E-state index in [0.717, 1.165) is 64.0 Å². The summed E-state index contributed by atoms with van der Waals surface area (Å²) in [4.78, 5) is 12.6. The quantitative estimate of drug-likeness (QED) is 0.219. The lowest BCUT2D eigenvalue weighted by molar-refractivity contribution is -0.0334. The smallest absolute Gasteiger partial charge is 0.191 e. The lowest BCUT2D eigenvalue weighted by Crippen LogP contribution is -2.48. The molecule has 0 radical (unpaired) electrons. The number of ether oxygens (including phenoxy) is 1. The minimum absolute atomic E-state index is 0. The van der Waals surface area contributed by atoms with Gasteiger partial charge in [0.25, 0.3) is 0 Å². The molecule has 2 aromatic heterocycles. The molecule has 2 unspecified atom stereocenters. The number of nitrogens with one attached hydrogen (secondary N) is 2. The predicted molar refractivity (Wildman–Crippen MR) is 135 cm³/mol. The van der Waals surface area contributed by atoms with Gasteiger partial charge in [0.05, 0.1) is 18.8 Å². The summed E-state index contributed by atoms with van der Waals surface area (Å²) in [6.45, 7) is 9.67. The van der Waals surface area contributed by atoms with E-state index in [9.17, 15) is 0 Å². The van der Waals surface area contributed by atoms with Crippen molar-refractivity contribution in [3.8, 4) is 0 Å². The van der Waals surface area contributed by atoms with Crippen molar-refractivity contribution in [3.63, 3.8) is 0 Å². The topological polar surface area (TPSA) is 66.7 Å². The number of hydrogen-bond donors (Lipinski definition) is 2. The highest BCUT2D eigenvalue weighted by molar-refractivity contribution is 14.0. The molecule has 0 spiro atoms. The number of aromatic nitrogens is 2. The third-order valence-electron chi connectivity index (χ3n) is 5.31. The molecule has 1 saturated heterocycles. The predicted octanol–water partition coefficient (Wildman–Crippen LogP) is 3.28. The van der Waals surface area contributed by atoms with Gasteiger partial charge in [0, 0.05) is 57.0 Å². The minimum Gasteiger partial charge on any atom is -0.376 e. The van der Waals surface area contributed by atoms with Crippen molar-refractivity contribution in [2.75, 3.05) is 39.8 Å². The maximum atomic E-state index is 5.73. The Balaban J connectivity index is 0.00000320. The summed E-state index contributed by atoms with van der Waals surface area (Å²) in [6, 6.07) is 4.70. The van der Waals surface area contributed by atoms with Crippen molar-refractivity contribution in [2.24, 2.45) is 4.99 Å². The first kappa shape index (κ1) is 25.1. The molecule has 2 N–H and O–H groups in total. The van der Waals surface area contributed by atoms with Gasteiger partial charge in [-0.25, -0.2) is 4.98 Å². The summed E-state index contributed by atoms with van der Waals surface area (Å²) in [6.07, 6.45) is 6.39. The van der Waals surface area contributed by atoms with E-state index < -0.39 is 0 Å². The number of hydrogen-bond acceptors (Lipinski definition) is 5. The fourth-order valence-corrected chi connectivity index (χ4v) is 4.55. The molecule has 0 amide bonds. The molecule has 1 fully saturated rings. The van der Waals surface area contributed by atoms with Crippen LogP contribution in [0.15, 0.2) is 34.9 Å². The van der Waals surface area contributed by atoms with E-state index in [1.54, 1.807) is 0 Å². The molecule has 2 aromatic rings. The average molecular weight is 547 g/mol. The van der Waals surface area contributed by atoms with Gasteiger partial charge in [-0.2, -0.15) is 0 Å². The van der Waals surface area contributed by atoms with Gasteiger partial charge in [0.2, 0.25) is 0 Å². The van der Waals surface area contributed by atoms with Crippen molar-refractivity contribution in [2.45, 2.75) is 45.4 Å². The number of halogens is 1. The van der Waals surface area contributed by atoms with Gasteiger partial charge in [-0.3, -0.25) is 9.89 Å². The molecule has 7 nitrogen and oxygen atoms in total. The standard InChI is InChI=1S/C21H34N6OS.HI/c1-17-16-27(12-13-28-17)19(20-7-6-14-29-20)15-25-21(22-3)24-8-4-5-10-26-11-9-23-18(26)2;/h6-7,9,11,14,17,19H,4-5,8,10,12-13,15-16H2,1-3H3,(H2,22,24,25);1H. The first-order valence-corrected chi connectivity index (χ1v) is 11.4. The summed E-state index contributed by atoms with van der Waals surface area (Å²) in [5.41, 5.74) is 0. The number of nitrogens with zero attached hydrogens (tertiary/aromatic N) is 4. The van der Waals surface area contributed by atoms with Gasteiger partial charge in [-0.05, 0) is 38.1 Å². The Morgan fingerprint density at radius 2 is 2.27 bits per heavy atom. The number of aryl methyl sites for hydroxylation is 2. The van der Waals surface area contributed by atoms with Crippen molar-refractivity contribution in [1.82, 2.24) is 25.1 Å². The molecule has 2 atom stereocenters. The Morgan fingerprint density at radius 1 is 1.40 bits per heavy atom. The van der Waals surface area contributed by atoms with Crippen LogP contribution in [0.25, 0.3) is 0 Å². The van der Waals surface area contributed by atoms with Gasteiger partial charge >= 0.3 is 0 Å². The highest BCUT2D eigenvalue weighted by Crippen LogP contribution is 2.26. The monoisotopic (exact) mass is 546 g/mol. The number of aliphatic imine (C=N–C) groups is 1. The second-order valence-electron chi connectivity index (χ2n) is 7.46. The normalized spacial score (nSPS) is 18.6. The van der Waals surface area contributed by atoms with Crippen LogP contribution in [0.5, 0.6) is 0 Å². The van der Waals surface area contributed by atoms with Crippen molar-refractivity contribution < 1.29 is 4.74 Å². The van der Waals surface area contributed by atoms with Crippen LogP contribution >= 0.6 is 35.3 Å². The second-order valence-corrected chi connectivity index (χ2v) is 8.44. The van der Waals surface area contributed by atoms with Crippen molar-refractivity contribution in [1.29, 1.82) is 0 Å². The third kappa shape index (κ3) is 7.51. The Labute approximate surface area is 201 Å². The van der Waals surface area contributed by atoms with Gasteiger partial charge in [-0.15, -0.1) is 35.3 Å². The number of morpholine rings is 1. The molecule has 0 saturated carbocycles. The molecule has 3 heterocycles. The fourth-order valence-electron chi connectivity index (χ4n) is 3.69. The van der Waals surface area contributed by atoms with Crippen LogP contribution in [0.1, 0.15) is 36.5 Å². The van der Waals surface area contributed by atoms with Gasteiger partial charge in [0.1, 0.15) is 5.82 Å². The zero-order chi connectivity index (χ0) is 20.5. The molecular formula is C21H35IN6OS. The van der Waals surface area contributed by atoms with E-state index in [4.69, 9.17) is 4.74 Å². The van der Waals surface area contributed by atoms with Gasteiger partial charge in [-0.1, -0.05) is 6.07 Å². The number of unbranched alkanes of at least 4 members (excludes halogenated alkanes) is 1. The molecule has 3 rings (SSSR count). The Kier molecular flexibility index (Phi) is 11.1. The molecule has 30 heavy (non-hydrogen) atoms. The fraction of sp³-hybridized carbons (Fsp3) is 0.619. The van der Waals surface area contributed by atoms with E-state index in [1.807, 2.05) is 37.7 Å². The summed E-state index contributed by atoms with van der Waals surface area (Å²) in [5, 5.41) is 9.14. The largest absolute Gasteiger partial charge is 0.376 e. The van der Waals surface area contributed by atoms with Crippen molar-refractivity contribution in [3.05, 3.63) is 40.6 Å². The van der Waals surface area contributed by atoms with Crippen LogP contribution < -0.4 is 10.6 Å². The lowest BCUT2D eigenvalue weighted by atomic mass is 10.1. The van der Waals surface area contributed by atoms with Crippen LogP contribution in [0.2, 0.25) is 0 Å². The molecule has 0 bridgehead atoms. The summed E-state index contributed by atoms with van der Waals surface area (Å²) in [5.74, 6) is 1.94. The van der Waals surface area contributed by atoms with Gasteiger partial charge in [0.15, 0.2) is 5.96 Å². The number of rotatable bonds is 9. The van der Waals surface area contributed by atoms with E-state index in [2.05, 4.69) is 54.5 Å². The molecule has 1 aliphatic heterocycles. The van der Waals surface area contributed by atoms with Crippen LogP contribution in [0.3, 0.4) is 0 Å². The summed E-state index contributed by atoms with van der Waals surface area (Å²) in [7, 11) is 1.83. The summed E-state index contributed by atoms with van der Waals surface area (Å²) < 4.78 is 7.93. The Bertz CT molecular complexity index is 751. The van der Waals surface area contributed by atoms with Crippen molar-refractivity contribution >= 4 is 41.3 Å². The Morgan fingerprint density at radius 3 is 2.93 bits per heavy atom. The van der Waals surface area contributed by atoms with E-state index in [0.29, 0.717) is 6.04 Å². The first-order valence-electron chi connectivity index (χ1n) is 10.5. The van der Waals surface area contributed by atoms with Crippen LogP contribution in [-0.2, 0) is 11.3 Å². The zero-order valence-electron chi connectivity index (χ0n) is 18.2. The minimum atomic E-state index is 0. The number of thiophene rings is 1. The second kappa shape index (κ2) is 13.3. The van der Waals surface area contributed by atoms with E-state index in [-0.39, 0.29) is 30.1 Å². The van der Waals surface area contributed by atoms with Crippen LogP contribution in [0.4, 0.5) is 0 Å². The molecule has 168 valence electrons. The van der Waals surface area contributed by atoms with E-state index in [1.165, 1.54) is 4.88 Å². The van der Waals surface area contributed by atoms with Crippen LogP contribution in [0, 0.1) is 6.92 Å². The third-order valence-corrected chi connectivity index (χ3v) is 6.29. The highest BCUT2D eigenvalue weighted by atomic mass is 127. The number of guanidine groups is 1. The van der Waals surface area contributed by atoms with Crippen LogP contribution in [-0.4, -0.2) is 66.3 Å². The maximum absolute atomic E-state index is 5.73. The molecule has 0 aliphatic carbocycles. The van der Waals surface area contributed by atoms with Gasteiger partial charge < -0.3 is 19.9 Å². The van der Waals surface area contributed by atoms with E-state index >= 15 is 0 Å². The summed E-state index contributed by atoms with van der Waals surface area (Å²) >= 11 is 1.82. The zero-order valence-corrected chi connectivity index (χ0v) is 21.4. The Hall–Kier alpha value is -1.17.